The highest BCUT2D eigenvalue weighted by molar-refractivity contribution is 7.80. The van der Waals surface area contributed by atoms with Crippen molar-refractivity contribution in [1.82, 2.24) is 0 Å². The van der Waals surface area contributed by atoms with Crippen molar-refractivity contribution in [2.75, 3.05) is 12.4 Å². The highest BCUT2D eigenvalue weighted by Gasteiger charge is 2.08. The Morgan fingerprint density at radius 3 is 2.74 bits per heavy atom. The zero-order chi connectivity index (χ0) is 13.8. The molecule has 0 saturated carbocycles. The molecule has 0 radical (unpaired) electrons. The summed E-state index contributed by atoms with van der Waals surface area (Å²) in [4.78, 5) is 0.625. The minimum atomic E-state index is -0.391. The summed E-state index contributed by atoms with van der Waals surface area (Å²) in [5.74, 6) is -0.140. The molecule has 2 aromatic carbocycles. The Morgan fingerprint density at radius 1 is 1.26 bits per heavy atom. The predicted molar refractivity (Wildman–Crippen MR) is 78.7 cm³/mol. The molecular weight excluding hydrogens is 261 g/mol. The van der Waals surface area contributed by atoms with Crippen LogP contribution in [0, 0.1) is 12.7 Å². The number of para-hydroxylation sites is 1. The number of ether oxygens (including phenoxy) is 1. The first-order valence-corrected chi connectivity index (χ1v) is 6.44. The maximum Gasteiger partial charge on any atom is 0.166 e. The number of anilines is 1. The summed E-state index contributed by atoms with van der Waals surface area (Å²) < 4.78 is 19.3. The van der Waals surface area contributed by atoms with E-state index in [9.17, 15) is 4.39 Å². The zero-order valence-corrected chi connectivity index (χ0v) is 11.8. The first kappa shape index (κ1) is 13.7. The van der Waals surface area contributed by atoms with E-state index in [-0.39, 0.29) is 5.75 Å². The molecule has 2 nitrogen and oxygen atoms in total. The molecule has 0 aliphatic heterocycles. The molecular formula is C15H16FNOS. The standard InChI is InChI=1S/C15H16FNOS/c1-10-7-14(12(16)8-15(10)19)18-9-11-5-3-4-6-13(11)17-2/h3-8,17,19H,9H2,1-2H3. The minimum absolute atomic E-state index is 0.251. The van der Waals surface area contributed by atoms with E-state index in [0.29, 0.717) is 11.5 Å². The number of benzene rings is 2. The van der Waals surface area contributed by atoms with Gasteiger partial charge in [0.05, 0.1) is 0 Å². The maximum absolute atomic E-state index is 13.7. The van der Waals surface area contributed by atoms with Crippen molar-refractivity contribution in [2.24, 2.45) is 0 Å². The number of halogens is 1. The van der Waals surface area contributed by atoms with Crippen LogP contribution < -0.4 is 10.1 Å². The summed E-state index contributed by atoms with van der Waals surface area (Å²) in [5, 5.41) is 3.08. The van der Waals surface area contributed by atoms with Gasteiger partial charge in [0.15, 0.2) is 11.6 Å². The predicted octanol–water partition coefficient (Wildman–Crippen LogP) is 4.04. The van der Waals surface area contributed by atoms with Crippen LogP contribution in [0.4, 0.5) is 10.1 Å². The molecule has 100 valence electrons. The zero-order valence-electron chi connectivity index (χ0n) is 10.9. The van der Waals surface area contributed by atoms with Crippen molar-refractivity contribution < 1.29 is 9.13 Å². The van der Waals surface area contributed by atoms with Crippen LogP contribution in [0.15, 0.2) is 41.3 Å². The molecule has 0 spiro atoms. The van der Waals surface area contributed by atoms with Crippen LogP contribution in [0.1, 0.15) is 11.1 Å². The summed E-state index contributed by atoms with van der Waals surface area (Å²) in [7, 11) is 1.85. The van der Waals surface area contributed by atoms with Crippen LogP contribution in [0.2, 0.25) is 0 Å². The quantitative estimate of drug-likeness (QED) is 0.823. The lowest BCUT2D eigenvalue weighted by Gasteiger charge is -2.12. The Hall–Kier alpha value is -1.68. The number of hydrogen-bond acceptors (Lipinski definition) is 3. The largest absolute Gasteiger partial charge is 0.486 e. The van der Waals surface area contributed by atoms with E-state index >= 15 is 0 Å². The molecule has 0 amide bonds. The van der Waals surface area contributed by atoms with E-state index in [4.69, 9.17) is 4.74 Å². The molecule has 1 N–H and O–H groups in total. The van der Waals surface area contributed by atoms with E-state index < -0.39 is 5.82 Å². The van der Waals surface area contributed by atoms with Gasteiger partial charge in [0.2, 0.25) is 0 Å². The minimum Gasteiger partial charge on any atom is -0.486 e. The monoisotopic (exact) mass is 277 g/mol. The fourth-order valence-electron chi connectivity index (χ4n) is 1.80. The Morgan fingerprint density at radius 2 is 2.00 bits per heavy atom. The van der Waals surface area contributed by atoms with Crippen molar-refractivity contribution in [2.45, 2.75) is 18.4 Å². The SMILES string of the molecule is CNc1ccccc1COc1cc(C)c(S)cc1F. The Bertz CT molecular complexity index is 586. The van der Waals surface area contributed by atoms with E-state index in [2.05, 4.69) is 17.9 Å². The van der Waals surface area contributed by atoms with Crippen LogP contribution in [-0.2, 0) is 6.61 Å². The number of aryl methyl sites for hydroxylation is 1. The van der Waals surface area contributed by atoms with Gasteiger partial charge in [0, 0.05) is 23.2 Å². The third-order valence-corrected chi connectivity index (χ3v) is 3.40. The molecule has 0 aliphatic carbocycles. The maximum atomic E-state index is 13.7. The fraction of sp³-hybridized carbons (Fsp3) is 0.200. The van der Waals surface area contributed by atoms with E-state index in [1.54, 1.807) is 6.07 Å². The second-order valence-electron chi connectivity index (χ2n) is 4.26. The summed E-state index contributed by atoms with van der Waals surface area (Å²) in [6.07, 6.45) is 0. The lowest BCUT2D eigenvalue weighted by molar-refractivity contribution is 0.290. The third-order valence-electron chi connectivity index (χ3n) is 2.92. The van der Waals surface area contributed by atoms with Gasteiger partial charge < -0.3 is 10.1 Å². The molecule has 0 heterocycles. The van der Waals surface area contributed by atoms with Crippen molar-refractivity contribution in [3.05, 3.63) is 53.3 Å². The summed E-state index contributed by atoms with van der Waals surface area (Å²) in [6.45, 7) is 2.19. The molecule has 19 heavy (non-hydrogen) atoms. The van der Waals surface area contributed by atoms with Gasteiger partial charge in [-0.1, -0.05) is 18.2 Å². The summed E-state index contributed by atoms with van der Waals surface area (Å²) >= 11 is 4.18. The lowest BCUT2D eigenvalue weighted by Crippen LogP contribution is -2.02. The number of hydrogen-bond donors (Lipinski definition) is 2. The molecule has 0 aliphatic rings. The molecule has 0 fully saturated rings. The van der Waals surface area contributed by atoms with Crippen molar-refractivity contribution in [1.29, 1.82) is 0 Å². The smallest absolute Gasteiger partial charge is 0.166 e. The fourth-order valence-corrected chi connectivity index (χ4v) is 1.98. The molecule has 4 heteroatoms. The van der Waals surface area contributed by atoms with Gasteiger partial charge in [-0.3, -0.25) is 0 Å². The first-order chi connectivity index (χ1) is 9.11. The molecule has 0 saturated heterocycles. The topological polar surface area (TPSA) is 21.3 Å². The summed E-state index contributed by atoms with van der Waals surface area (Å²) in [5.41, 5.74) is 2.85. The van der Waals surface area contributed by atoms with E-state index in [1.807, 2.05) is 38.2 Å². The first-order valence-electron chi connectivity index (χ1n) is 5.99. The van der Waals surface area contributed by atoms with Gasteiger partial charge >= 0.3 is 0 Å². The van der Waals surface area contributed by atoms with Crippen LogP contribution >= 0.6 is 12.6 Å². The van der Waals surface area contributed by atoms with Crippen LogP contribution in [-0.4, -0.2) is 7.05 Å². The second-order valence-corrected chi connectivity index (χ2v) is 4.75. The molecule has 0 bridgehead atoms. The lowest BCUT2D eigenvalue weighted by atomic mass is 10.2. The van der Waals surface area contributed by atoms with Crippen LogP contribution in [0.25, 0.3) is 0 Å². The average Bonchev–Trinajstić information content (AvgIpc) is 2.41. The molecule has 2 aromatic rings. The van der Waals surface area contributed by atoms with Crippen LogP contribution in [0.5, 0.6) is 5.75 Å². The van der Waals surface area contributed by atoms with Gasteiger partial charge in [-0.15, -0.1) is 12.6 Å². The average molecular weight is 277 g/mol. The Kier molecular flexibility index (Phi) is 4.32. The van der Waals surface area contributed by atoms with E-state index in [1.165, 1.54) is 6.07 Å². The number of thiol groups is 1. The normalized spacial score (nSPS) is 10.3. The highest BCUT2D eigenvalue weighted by Crippen LogP contribution is 2.25. The van der Waals surface area contributed by atoms with Crippen molar-refractivity contribution in [3.63, 3.8) is 0 Å². The molecule has 2 rings (SSSR count). The van der Waals surface area contributed by atoms with Gasteiger partial charge in [-0.05, 0) is 30.7 Å². The van der Waals surface area contributed by atoms with Gasteiger partial charge in [0.1, 0.15) is 6.61 Å². The van der Waals surface area contributed by atoms with Crippen molar-refractivity contribution in [3.8, 4) is 5.75 Å². The van der Waals surface area contributed by atoms with Crippen molar-refractivity contribution >= 4 is 18.3 Å². The number of nitrogens with one attached hydrogen (secondary N) is 1. The Balaban J connectivity index is 2.17. The molecule has 0 aromatic heterocycles. The Labute approximate surface area is 118 Å². The highest BCUT2D eigenvalue weighted by atomic mass is 32.1. The van der Waals surface area contributed by atoms with Gasteiger partial charge in [-0.2, -0.15) is 0 Å². The molecule has 0 unspecified atom stereocenters. The number of rotatable bonds is 4. The van der Waals surface area contributed by atoms with Gasteiger partial charge in [-0.25, -0.2) is 4.39 Å². The second kappa shape index (κ2) is 5.97. The van der Waals surface area contributed by atoms with E-state index in [0.717, 1.165) is 16.8 Å². The molecule has 0 atom stereocenters. The third kappa shape index (κ3) is 3.20. The van der Waals surface area contributed by atoms with Crippen LogP contribution in [0.3, 0.4) is 0 Å². The summed E-state index contributed by atoms with van der Waals surface area (Å²) in [6, 6.07) is 10.8. The van der Waals surface area contributed by atoms with Gasteiger partial charge in [0.25, 0.3) is 0 Å².